The molecular weight excluding hydrogens is 653 g/mol. The Kier molecular flexibility index (Phi) is 7.57. The normalized spacial score (nSPS) is 20.9. The first-order chi connectivity index (χ1) is 17.5. The van der Waals surface area contributed by atoms with Crippen molar-refractivity contribution >= 4 is 0 Å². The Hall–Kier alpha value is -2.66. The molecule has 2 atom stereocenters. The molecule has 2 bridgehead atoms. The molecular formula is C30H37N7Pt. The molecule has 0 aromatic carbocycles. The maximum Gasteiger partial charge on any atom is 2.00 e. The predicted octanol–water partition coefficient (Wildman–Crippen LogP) is 5.94. The minimum atomic E-state index is 0. The minimum Gasteiger partial charge on any atom is -0.573 e. The molecule has 1 fully saturated rings. The fraction of sp³-hybridized carbons (Fsp3) is 0.500. The van der Waals surface area contributed by atoms with E-state index in [0.717, 1.165) is 34.8 Å². The Morgan fingerprint density at radius 2 is 1.66 bits per heavy atom. The van der Waals surface area contributed by atoms with Crippen molar-refractivity contribution in [2.45, 2.75) is 91.4 Å². The number of hydrogen-bond donors (Lipinski definition) is 0. The number of fused-ring (bicyclic) bond motifs is 5. The summed E-state index contributed by atoms with van der Waals surface area (Å²) in [5.74, 6) is 1.11. The van der Waals surface area contributed by atoms with Gasteiger partial charge in [0.1, 0.15) is 5.82 Å². The van der Waals surface area contributed by atoms with Crippen LogP contribution in [-0.4, -0.2) is 25.1 Å². The topological polar surface area (TPSA) is 92.7 Å². The van der Waals surface area contributed by atoms with Gasteiger partial charge in [0.2, 0.25) is 0 Å². The quantitative estimate of drug-likeness (QED) is 0.263. The number of aryl methyl sites for hydroxylation is 1. The van der Waals surface area contributed by atoms with Gasteiger partial charge >= 0.3 is 21.1 Å². The number of aromatic nitrogens is 7. The zero-order valence-electron chi connectivity index (χ0n) is 23.6. The average Bonchev–Trinajstić information content (AvgIpc) is 3.57. The Morgan fingerprint density at radius 1 is 0.974 bits per heavy atom. The average molecular weight is 691 g/mol. The van der Waals surface area contributed by atoms with E-state index in [0.29, 0.717) is 11.7 Å². The van der Waals surface area contributed by atoms with Crippen molar-refractivity contribution in [3.05, 3.63) is 64.9 Å². The summed E-state index contributed by atoms with van der Waals surface area (Å²) in [4.78, 5) is 13.2. The fourth-order valence-corrected chi connectivity index (χ4v) is 6.08. The Bertz CT molecular complexity index is 1410. The van der Waals surface area contributed by atoms with Gasteiger partial charge in [-0.2, -0.15) is 0 Å². The van der Waals surface area contributed by atoms with Gasteiger partial charge < -0.3 is 20.4 Å². The second kappa shape index (κ2) is 10.1. The molecule has 4 heterocycles. The summed E-state index contributed by atoms with van der Waals surface area (Å²) >= 11 is 0. The van der Waals surface area contributed by atoms with Crippen molar-refractivity contribution in [3.8, 4) is 22.9 Å². The molecule has 202 valence electrons. The van der Waals surface area contributed by atoms with Crippen LogP contribution in [0.5, 0.6) is 0 Å². The van der Waals surface area contributed by atoms with Gasteiger partial charge in [0.25, 0.3) is 0 Å². The van der Waals surface area contributed by atoms with Crippen LogP contribution in [0.2, 0.25) is 0 Å². The standard InChI is InChI=1S/C21H24N6.C9H13N.Pt/c1-6-13-11(2)16(25-24-13)19-22-10-8-14(23-19)17-15-12-7-9-21(5,20(12,3)4)18(15)27-26-17;1-9(2,3)8-4-6-10-7-5-8;/h8,10,12H,6-7,9H2,1-5H3;4-7H,1-3H3;/q-2;;+2. The van der Waals surface area contributed by atoms with E-state index in [-0.39, 0.29) is 37.3 Å². The Balaban J connectivity index is 0.000000260. The molecule has 6 rings (SSSR count). The summed E-state index contributed by atoms with van der Waals surface area (Å²) in [6.07, 6.45) is 8.70. The molecule has 0 spiro atoms. The van der Waals surface area contributed by atoms with E-state index in [1.165, 1.54) is 29.7 Å². The largest absolute Gasteiger partial charge is 2.00 e. The maximum atomic E-state index is 4.81. The molecule has 2 unspecified atom stereocenters. The summed E-state index contributed by atoms with van der Waals surface area (Å²) in [7, 11) is 0. The summed E-state index contributed by atoms with van der Waals surface area (Å²) < 4.78 is 0. The minimum absolute atomic E-state index is 0. The third-order valence-electron chi connectivity index (χ3n) is 8.91. The van der Waals surface area contributed by atoms with E-state index in [1.807, 2.05) is 25.4 Å². The Morgan fingerprint density at radius 3 is 2.26 bits per heavy atom. The molecule has 2 aliphatic carbocycles. The van der Waals surface area contributed by atoms with Gasteiger partial charge in [-0.05, 0) is 77.8 Å². The number of nitrogens with zero attached hydrogens (tertiary/aromatic N) is 7. The van der Waals surface area contributed by atoms with Gasteiger partial charge in [-0.3, -0.25) is 4.98 Å². The van der Waals surface area contributed by atoms with Crippen molar-refractivity contribution in [2.24, 2.45) is 5.41 Å². The number of hydrogen-bond acceptors (Lipinski definition) is 5. The molecule has 8 heteroatoms. The Labute approximate surface area is 240 Å². The molecule has 0 amide bonds. The maximum absolute atomic E-state index is 4.81. The first kappa shape index (κ1) is 28.3. The number of rotatable bonds is 3. The molecule has 7 nitrogen and oxygen atoms in total. The van der Waals surface area contributed by atoms with Crippen LogP contribution in [0.4, 0.5) is 0 Å². The van der Waals surface area contributed by atoms with Crippen LogP contribution in [0.15, 0.2) is 36.8 Å². The second-order valence-electron chi connectivity index (χ2n) is 12.2. The third-order valence-corrected chi connectivity index (χ3v) is 8.91. The van der Waals surface area contributed by atoms with Crippen molar-refractivity contribution in [3.63, 3.8) is 0 Å². The van der Waals surface area contributed by atoms with E-state index in [2.05, 4.69) is 91.0 Å². The molecule has 2 aliphatic rings. The third kappa shape index (κ3) is 4.47. The van der Waals surface area contributed by atoms with Crippen LogP contribution in [0.25, 0.3) is 22.9 Å². The summed E-state index contributed by atoms with van der Waals surface area (Å²) in [5, 5.41) is 17.8. The zero-order chi connectivity index (χ0) is 26.6. The zero-order valence-corrected chi connectivity index (χ0v) is 25.9. The first-order valence-corrected chi connectivity index (χ1v) is 13.3. The van der Waals surface area contributed by atoms with E-state index < -0.39 is 0 Å². The van der Waals surface area contributed by atoms with Crippen LogP contribution < -0.4 is 10.2 Å². The van der Waals surface area contributed by atoms with E-state index >= 15 is 0 Å². The van der Waals surface area contributed by atoms with Crippen molar-refractivity contribution in [1.29, 1.82) is 0 Å². The van der Waals surface area contributed by atoms with Gasteiger partial charge in [-0.1, -0.05) is 59.9 Å². The summed E-state index contributed by atoms with van der Waals surface area (Å²) in [5.41, 5.74) is 8.96. The molecule has 1 saturated carbocycles. The summed E-state index contributed by atoms with van der Waals surface area (Å²) in [6, 6.07) is 6.04. The van der Waals surface area contributed by atoms with Gasteiger partial charge in [0.15, 0.2) is 0 Å². The molecule has 4 aromatic heterocycles. The first-order valence-electron chi connectivity index (χ1n) is 13.3. The molecule has 38 heavy (non-hydrogen) atoms. The van der Waals surface area contributed by atoms with Crippen molar-refractivity contribution < 1.29 is 21.1 Å². The SMILES string of the molecule is CC(C)(C)c1ccncc1.CCc1n[n-]c(-c2nccc(-c3[n-]nc4c3C3CCC4(C)C3(C)C)n2)c1C.[Pt+2]. The van der Waals surface area contributed by atoms with Gasteiger partial charge in [-0.15, -0.1) is 0 Å². The van der Waals surface area contributed by atoms with Crippen LogP contribution in [0.1, 0.15) is 95.3 Å². The van der Waals surface area contributed by atoms with Crippen LogP contribution in [-0.2, 0) is 38.3 Å². The fourth-order valence-electron chi connectivity index (χ4n) is 6.08. The van der Waals surface area contributed by atoms with Crippen molar-refractivity contribution in [2.75, 3.05) is 0 Å². The van der Waals surface area contributed by atoms with E-state index in [1.54, 1.807) is 6.20 Å². The molecule has 0 aliphatic heterocycles. The monoisotopic (exact) mass is 690 g/mol. The molecule has 0 radical (unpaired) electrons. The van der Waals surface area contributed by atoms with Crippen molar-refractivity contribution in [1.82, 2.24) is 35.3 Å². The smallest absolute Gasteiger partial charge is 0.573 e. The summed E-state index contributed by atoms with van der Waals surface area (Å²) in [6.45, 7) is 17.8. The van der Waals surface area contributed by atoms with Crippen LogP contribution >= 0.6 is 0 Å². The predicted molar refractivity (Wildman–Crippen MR) is 145 cm³/mol. The van der Waals surface area contributed by atoms with E-state index in [4.69, 9.17) is 4.98 Å². The van der Waals surface area contributed by atoms with Crippen LogP contribution in [0.3, 0.4) is 0 Å². The molecule has 4 aromatic rings. The van der Waals surface area contributed by atoms with E-state index in [9.17, 15) is 0 Å². The van der Waals surface area contributed by atoms with Gasteiger partial charge in [-0.25, -0.2) is 9.97 Å². The van der Waals surface area contributed by atoms with Gasteiger partial charge in [0.05, 0.1) is 5.69 Å². The number of pyridine rings is 1. The molecule has 0 saturated heterocycles. The second-order valence-corrected chi connectivity index (χ2v) is 12.2. The van der Waals surface area contributed by atoms with Crippen LogP contribution in [0, 0.1) is 12.3 Å². The van der Waals surface area contributed by atoms with Gasteiger partial charge in [0, 0.05) is 35.4 Å². The molecule has 0 N–H and O–H groups in total.